The third-order valence-corrected chi connectivity index (χ3v) is 3.45. The van der Waals surface area contributed by atoms with Crippen molar-refractivity contribution in [3.8, 4) is 5.75 Å². The van der Waals surface area contributed by atoms with Gasteiger partial charge in [0.25, 0.3) is 0 Å². The number of hydrogen-bond acceptors (Lipinski definition) is 5. The normalized spacial score (nSPS) is 23.4. The number of epoxide rings is 2. The number of rotatable bonds is 9. The van der Waals surface area contributed by atoms with Gasteiger partial charge in [-0.25, -0.2) is 0 Å². The van der Waals surface area contributed by atoms with Gasteiger partial charge in [0.15, 0.2) is 0 Å². The third-order valence-electron chi connectivity index (χ3n) is 3.45. The summed E-state index contributed by atoms with van der Waals surface area (Å²) in [4.78, 5) is 2.25. The molecule has 0 saturated carbocycles. The molecule has 2 saturated heterocycles. The Morgan fingerprint density at radius 2 is 1.85 bits per heavy atom. The van der Waals surface area contributed by atoms with Crippen LogP contribution < -0.4 is 9.64 Å². The Kier molecular flexibility index (Phi) is 4.40. The smallest absolute Gasteiger partial charge is 0.119 e. The molecule has 110 valence electrons. The maximum absolute atomic E-state index is 8.99. The van der Waals surface area contributed by atoms with E-state index >= 15 is 0 Å². The molecule has 5 nitrogen and oxygen atoms in total. The van der Waals surface area contributed by atoms with Crippen LogP contribution in [0.5, 0.6) is 5.75 Å². The Labute approximate surface area is 119 Å². The van der Waals surface area contributed by atoms with Gasteiger partial charge in [-0.3, -0.25) is 0 Å². The molecule has 0 radical (unpaired) electrons. The molecule has 3 rings (SSSR count). The zero-order valence-electron chi connectivity index (χ0n) is 11.5. The number of hydrogen-bond donors (Lipinski definition) is 1. The molecule has 20 heavy (non-hydrogen) atoms. The lowest BCUT2D eigenvalue weighted by atomic mass is 10.2. The van der Waals surface area contributed by atoms with Crippen LogP contribution in [0.25, 0.3) is 0 Å². The maximum atomic E-state index is 8.99. The first-order valence-electron chi connectivity index (χ1n) is 7.17. The van der Waals surface area contributed by atoms with E-state index in [1.54, 1.807) is 0 Å². The summed E-state index contributed by atoms with van der Waals surface area (Å²) in [6, 6.07) is 8.08. The van der Waals surface area contributed by atoms with Gasteiger partial charge in [-0.2, -0.15) is 0 Å². The average Bonchev–Trinajstić information content (AvgIpc) is 3.37. The fourth-order valence-corrected chi connectivity index (χ4v) is 2.11. The Balaban J connectivity index is 1.56. The first-order chi connectivity index (χ1) is 9.85. The summed E-state index contributed by atoms with van der Waals surface area (Å²) in [5.74, 6) is 0.869. The van der Waals surface area contributed by atoms with E-state index in [4.69, 9.17) is 19.3 Å². The highest BCUT2D eigenvalue weighted by molar-refractivity contribution is 5.49. The van der Waals surface area contributed by atoms with Crippen molar-refractivity contribution in [1.82, 2.24) is 0 Å². The van der Waals surface area contributed by atoms with Crippen LogP contribution in [-0.2, 0) is 9.47 Å². The Morgan fingerprint density at radius 1 is 1.15 bits per heavy atom. The average molecular weight is 279 g/mol. The zero-order chi connectivity index (χ0) is 13.8. The highest BCUT2D eigenvalue weighted by atomic mass is 16.6. The fourth-order valence-electron chi connectivity index (χ4n) is 2.11. The zero-order valence-corrected chi connectivity index (χ0v) is 11.5. The van der Waals surface area contributed by atoms with E-state index in [1.807, 2.05) is 12.1 Å². The van der Waals surface area contributed by atoms with Crippen molar-refractivity contribution in [3.05, 3.63) is 24.3 Å². The number of ether oxygens (including phenoxy) is 3. The van der Waals surface area contributed by atoms with Gasteiger partial charge in [0.2, 0.25) is 0 Å². The van der Waals surface area contributed by atoms with Gasteiger partial charge in [0.05, 0.1) is 19.3 Å². The van der Waals surface area contributed by atoms with Gasteiger partial charge in [-0.15, -0.1) is 0 Å². The van der Waals surface area contributed by atoms with Crippen molar-refractivity contribution in [2.24, 2.45) is 0 Å². The van der Waals surface area contributed by atoms with E-state index < -0.39 is 0 Å². The van der Waals surface area contributed by atoms with Gasteiger partial charge < -0.3 is 24.2 Å². The molecule has 2 aliphatic heterocycles. The van der Waals surface area contributed by atoms with E-state index in [2.05, 4.69) is 17.0 Å². The number of nitrogens with zero attached hydrogens (tertiary/aromatic N) is 1. The molecule has 0 aliphatic carbocycles. The predicted octanol–water partition coefficient (Wildman–Crippen LogP) is 1.05. The van der Waals surface area contributed by atoms with Gasteiger partial charge in [0, 0.05) is 25.4 Å². The maximum Gasteiger partial charge on any atom is 0.119 e. The van der Waals surface area contributed by atoms with Gasteiger partial charge in [-0.1, -0.05) is 0 Å². The number of benzene rings is 1. The summed E-state index contributed by atoms with van der Waals surface area (Å²) in [7, 11) is 0. The van der Waals surface area contributed by atoms with Crippen LogP contribution in [0.15, 0.2) is 24.3 Å². The lowest BCUT2D eigenvalue weighted by Crippen LogP contribution is -2.29. The monoisotopic (exact) mass is 279 g/mol. The Hall–Kier alpha value is -1.30. The molecule has 5 heteroatoms. The summed E-state index contributed by atoms with van der Waals surface area (Å²) in [6.07, 6.45) is 1.39. The second-order valence-electron chi connectivity index (χ2n) is 5.24. The highest BCUT2D eigenvalue weighted by Crippen LogP contribution is 2.23. The topological polar surface area (TPSA) is 57.8 Å². The number of anilines is 1. The molecule has 0 bridgehead atoms. The van der Waals surface area contributed by atoms with Gasteiger partial charge >= 0.3 is 0 Å². The van der Waals surface area contributed by atoms with Crippen LogP contribution >= 0.6 is 0 Å². The van der Waals surface area contributed by atoms with Crippen LogP contribution in [-0.4, -0.2) is 56.8 Å². The van der Waals surface area contributed by atoms with E-state index in [0.29, 0.717) is 12.7 Å². The minimum absolute atomic E-state index is 0.213. The lowest BCUT2D eigenvalue weighted by molar-refractivity contribution is 0.263. The summed E-state index contributed by atoms with van der Waals surface area (Å²) in [5.41, 5.74) is 1.14. The second-order valence-corrected chi connectivity index (χ2v) is 5.24. The lowest BCUT2D eigenvalue weighted by Gasteiger charge is -2.24. The molecule has 2 atom stereocenters. The molecule has 1 aromatic rings. The van der Waals surface area contributed by atoms with E-state index in [-0.39, 0.29) is 12.7 Å². The molecule has 1 aromatic carbocycles. The minimum atomic E-state index is 0.213. The van der Waals surface area contributed by atoms with E-state index in [9.17, 15) is 0 Å². The van der Waals surface area contributed by atoms with Crippen LogP contribution in [0.4, 0.5) is 5.69 Å². The molecule has 2 fully saturated rings. The Morgan fingerprint density at radius 3 is 2.45 bits per heavy atom. The van der Waals surface area contributed by atoms with Crippen molar-refractivity contribution in [2.45, 2.75) is 18.6 Å². The highest BCUT2D eigenvalue weighted by Gasteiger charge is 2.25. The van der Waals surface area contributed by atoms with Crippen molar-refractivity contribution < 1.29 is 19.3 Å². The molecular formula is C15H21NO4. The quantitative estimate of drug-likeness (QED) is 0.685. The molecule has 2 unspecified atom stereocenters. The van der Waals surface area contributed by atoms with Crippen LogP contribution in [0.2, 0.25) is 0 Å². The molecular weight excluding hydrogens is 258 g/mol. The number of aliphatic hydroxyl groups excluding tert-OH is 1. The molecule has 2 heterocycles. The van der Waals surface area contributed by atoms with Crippen molar-refractivity contribution >= 4 is 5.69 Å². The molecule has 1 N–H and O–H groups in total. The summed E-state index contributed by atoms with van der Waals surface area (Å²) < 4.78 is 16.0. The minimum Gasteiger partial charge on any atom is -0.491 e. The standard InChI is InChI=1S/C15H21NO4/c17-7-1-6-16(8-14-9-19-14)12-2-4-13(5-3-12)18-10-15-11-20-15/h2-5,14-15,17H,1,6-11H2. The van der Waals surface area contributed by atoms with Crippen molar-refractivity contribution in [2.75, 3.05) is 44.4 Å². The van der Waals surface area contributed by atoms with E-state index in [0.717, 1.165) is 44.2 Å². The number of aliphatic hydroxyl groups is 1. The van der Waals surface area contributed by atoms with Crippen LogP contribution in [0.1, 0.15) is 6.42 Å². The molecule has 0 aromatic heterocycles. The first kappa shape index (κ1) is 13.7. The first-order valence-corrected chi connectivity index (χ1v) is 7.17. The summed E-state index contributed by atoms with van der Waals surface area (Å²) in [5, 5.41) is 8.99. The molecule has 0 spiro atoms. The second kappa shape index (κ2) is 6.43. The SMILES string of the molecule is OCCCN(CC1CO1)c1ccc(OCC2CO2)cc1. The van der Waals surface area contributed by atoms with Gasteiger partial charge in [-0.05, 0) is 30.7 Å². The van der Waals surface area contributed by atoms with E-state index in [1.165, 1.54) is 0 Å². The predicted molar refractivity (Wildman–Crippen MR) is 75.3 cm³/mol. The third kappa shape index (κ3) is 4.10. The van der Waals surface area contributed by atoms with Crippen molar-refractivity contribution in [1.29, 1.82) is 0 Å². The summed E-state index contributed by atoms with van der Waals surface area (Å²) >= 11 is 0. The molecule has 2 aliphatic rings. The molecule has 0 amide bonds. The van der Waals surface area contributed by atoms with Gasteiger partial charge in [0.1, 0.15) is 18.5 Å². The van der Waals surface area contributed by atoms with Crippen LogP contribution in [0.3, 0.4) is 0 Å². The Bertz CT molecular complexity index is 414. The van der Waals surface area contributed by atoms with Crippen LogP contribution in [0, 0.1) is 0 Å². The fraction of sp³-hybridized carbons (Fsp3) is 0.600. The van der Waals surface area contributed by atoms with Crippen molar-refractivity contribution in [3.63, 3.8) is 0 Å². The largest absolute Gasteiger partial charge is 0.491 e. The summed E-state index contributed by atoms with van der Waals surface area (Å²) in [6.45, 7) is 4.23.